The van der Waals surface area contributed by atoms with Crippen LogP contribution in [0.5, 0.6) is 11.5 Å². The van der Waals surface area contributed by atoms with E-state index in [9.17, 15) is 10.2 Å². The van der Waals surface area contributed by atoms with E-state index in [-0.39, 0.29) is 11.5 Å². The van der Waals surface area contributed by atoms with E-state index in [0.29, 0.717) is 0 Å². The topological polar surface area (TPSA) is 40.5 Å². The molecule has 0 aliphatic rings. The Hall–Kier alpha value is -1.96. The second kappa shape index (κ2) is 3.89. The van der Waals surface area contributed by atoms with Crippen LogP contribution in [0.2, 0.25) is 0 Å². The number of benzene rings is 2. The molecule has 2 N–H and O–H groups in total. The van der Waals surface area contributed by atoms with Crippen molar-refractivity contribution in [2.75, 3.05) is 0 Å². The van der Waals surface area contributed by atoms with Gasteiger partial charge >= 0.3 is 0 Å². The Labute approximate surface area is 94.8 Å². The Kier molecular flexibility index (Phi) is 2.57. The summed E-state index contributed by atoms with van der Waals surface area (Å²) >= 11 is 0. The van der Waals surface area contributed by atoms with Crippen LogP contribution in [0.4, 0.5) is 0 Å². The first-order valence-corrected chi connectivity index (χ1v) is 5.17. The van der Waals surface area contributed by atoms with Crippen LogP contribution in [-0.4, -0.2) is 10.2 Å². The van der Waals surface area contributed by atoms with Gasteiger partial charge in [-0.1, -0.05) is 29.8 Å². The number of hydrogen-bond donors (Lipinski definition) is 2. The summed E-state index contributed by atoms with van der Waals surface area (Å²) in [5.74, 6) is -0.175. The fraction of sp³-hybridized carbons (Fsp3) is 0.143. The lowest BCUT2D eigenvalue weighted by molar-refractivity contribution is 0.404. The molecule has 82 valence electrons. The minimum absolute atomic E-state index is 0.0857. The fourth-order valence-corrected chi connectivity index (χ4v) is 1.83. The summed E-state index contributed by atoms with van der Waals surface area (Å²) in [6, 6.07) is 11.0. The Morgan fingerprint density at radius 1 is 0.812 bits per heavy atom. The van der Waals surface area contributed by atoms with Gasteiger partial charge in [0.1, 0.15) is 0 Å². The van der Waals surface area contributed by atoms with Crippen molar-refractivity contribution in [1.29, 1.82) is 0 Å². The van der Waals surface area contributed by atoms with Crippen molar-refractivity contribution in [2.24, 2.45) is 0 Å². The zero-order chi connectivity index (χ0) is 11.7. The minimum atomic E-state index is -0.0893. The highest BCUT2D eigenvalue weighted by Gasteiger charge is 2.05. The van der Waals surface area contributed by atoms with E-state index >= 15 is 0 Å². The first kappa shape index (κ1) is 10.6. The van der Waals surface area contributed by atoms with Crippen molar-refractivity contribution in [3.05, 3.63) is 47.5 Å². The Bertz CT molecular complexity index is 530. The number of phenolic OH excluding ortho intramolecular Hbond substituents is 2. The zero-order valence-corrected chi connectivity index (χ0v) is 9.36. The molecule has 0 aliphatic heterocycles. The molecule has 0 saturated carbocycles. The highest BCUT2D eigenvalue weighted by Crippen LogP contribution is 2.32. The highest BCUT2D eigenvalue weighted by atomic mass is 16.3. The Morgan fingerprint density at radius 2 is 1.56 bits per heavy atom. The molecule has 2 nitrogen and oxygen atoms in total. The Balaban J connectivity index is 2.54. The third-order valence-electron chi connectivity index (χ3n) is 2.67. The first-order valence-electron chi connectivity index (χ1n) is 5.17. The molecule has 0 spiro atoms. The number of rotatable bonds is 1. The van der Waals surface area contributed by atoms with Gasteiger partial charge in [-0.3, -0.25) is 0 Å². The van der Waals surface area contributed by atoms with E-state index in [1.165, 1.54) is 11.6 Å². The van der Waals surface area contributed by atoms with E-state index in [2.05, 4.69) is 6.07 Å². The minimum Gasteiger partial charge on any atom is -0.504 e. The molecule has 2 rings (SSSR count). The maximum Gasteiger partial charge on any atom is 0.158 e. The first-order chi connectivity index (χ1) is 7.58. The molecular formula is C14H14O2. The third-order valence-corrected chi connectivity index (χ3v) is 2.67. The molecule has 0 amide bonds. The molecule has 2 aromatic rings. The van der Waals surface area contributed by atoms with Gasteiger partial charge in [0.25, 0.3) is 0 Å². The molecule has 16 heavy (non-hydrogen) atoms. The van der Waals surface area contributed by atoms with Crippen LogP contribution in [0, 0.1) is 13.8 Å². The van der Waals surface area contributed by atoms with Crippen molar-refractivity contribution in [1.82, 2.24) is 0 Å². The van der Waals surface area contributed by atoms with Gasteiger partial charge in [0.2, 0.25) is 0 Å². The molecule has 0 aliphatic carbocycles. The summed E-state index contributed by atoms with van der Waals surface area (Å²) in [6.07, 6.45) is 0. The van der Waals surface area contributed by atoms with Crippen molar-refractivity contribution in [2.45, 2.75) is 13.8 Å². The van der Waals surface area contributed by atoms with E-state index in [1.807, 2.05) is 26.0 Å². The molecule has 2 aromatic carbocycles. The highest BCUT2D eigenvalue weighted by molar-refractivity contribution is 5.70. The summed E-state index contributed by atoms with van der Waals surface area (Å²) in [5.41, 5.74) is 4.35. The van der Waals surface area contributed by atoms with Crippen LogP contribution >= 0.6 is 0 Å². The molecule has 0 bridgehead atoms. The summed E-state index contributed by atoms with van der Waals surface area (Å²) in [4.78, 5) is 0. The van der Waals surface area contributed by atoms with Gasteiger partial charge in [-0.15, -0.1) is 0 Å². The van der Waals surface area contributed by atoms with Gasteiger partial charge in [0.05, 0.1) is 0 Å². The van der Waals surface area contributed by atoms with Crippen molar-refractivity contribution in [3.8, 4) is 22.6 Å². The SMILES string of the molecule is Cc1ccc(-c2ccc(O)c(O)c2)c(C)c1. The maximum absolute atomic E-state index is 9.46. The monoisotopic (exact) mass is 214 g/mol. The van der Waals surface area contributed by atoms with Crippen LogP contribution in [0.3, 0.4) is 0 Å². The lowest BCUT2D eigenvalue weighted by Crippen LogP contribution is -1.84. The second-order valence-corrected chi connectivity index (χ2v) is 4.02. The number of aryl methyl sites for hydroxylation is 2. The molecule has 0 fully saturated rings. The molecule has 0 atom stereocenters. The van der Waals surface area contributed by atoms with Crippen molar-refractivity contribution >= 4 is 0 Å². The summed E-state index contributed by atoms with van der Waals surface area (Å²) < 4.78 is 0. The molecule has 0 unspecified atom stereocenters. The van der Waals surface area contributed by atoms with E-state index < -0.39 is 0 Å². The van der Waals surface area contributed by atoms with Crippen LogP contribution in [0.25, 0.3) is 11.1 Å². The van der Waals surface area contributed by atoms with Crippen LogP contribution in [0.1, 0.15) is 11.1 Å². The molecule has 0 radical (unpaired) electrons. The van der Waals surface area contributed by atoms with Crippen LogP contribution < -0.4 is 0 Å². The van der Waals surface area contributed by atoms with Crippen molar-refractivity contribution < 1.29 is 10.2 Å². The van der Waals surface area contributed by atoms with Gasteiger partial charge in [-0.05, 0) is 42.7 Å². The molecule has 0 aromatic heterocycles. The normalized spacial score (nSPS) is 10.4. The lowest BCUT2D eigenvalue weighted by Gasteiger charge is -2.08. The van der Waals surface area contributed by atoms with Gasteiger partial charge in [0.15, 0.2) is 11.5 Å². The number of aromatic hydroxyl groups is 2. The smallest absolute Gasteiger partial charge is 0.158 e. The van der Waals surface area contributed by atoms with Crippen LogP contribution in [0.15, 0.2) is 36.4 Å². The quantitative estimate of drug-likeness (QED) is 0.714. The predicted octanol–water partition coefficient (Wildman–Crippen LogP) is 3.38. The predicted molar refractivity (Wildman–Crippen MR) is 64.7 cm³/mol. The molecule has 0 saturated heterocycles. The number of phenols is 2. The van der Waals surface area contributed by atoms with Crippen molar-refractivity contribution in [3.63, 3.8) is 0 Å². The second-order valence-electron chi connectivity index (χ2n) is 4.02. The third kappa shape index (κ3) is 1.87. The maximum atomic E-state index is 9.46. The van der Waals surface area contributed by atoms with E-state index in [4.69, 9.17) is 0 Å². The number of hydrogen-bond acceptors (Lipinski definition) is 2. The van der Waals surface area contributed by atoms with Crippen LogP contribution in [-0.2, 0) is 0 Å². The van der Waals surface area contributed by atoms with Gasteiger partial charge in [-0.25, -0.2) is 0 Å². The lowest BCUT2D eigenvalue weighted by atomic mass is 9.98. The summed E-state index contributed by atoms with van der Waals surface area (Å²) in [6.45, 7) is 4.08. The van der Waals surface area contributed by atoms with Gasteiger partial charge < -0.3 is 10.2 Å². The van der Waals surface area contributed by atoms with Gasteiger partial charge in [0, 0.05) is 0 Å². The fourth-order valence-electron chi connectivity index (χ4n) is 1.83. The van der Waals surface area contributed by atoms with E-state index in [1.54, 1.807) is 12.1 Å². The Morgan fingerprint density at radius 3 is 2.19 bits per heavy atom. The largest absolute Gasteiger partial charge is 0.504 e. The van der Waals surface area contributed by atoms with Gasteiger partial charge in [-0.2, -0.15) is 0 Å². The zero-order valence-electron chi connectivity index (χ0n) is 9.36. The summed E-state index contributed by atoms with van der Waals surface area (Å²) in [5, 5.41) is 18.7. The standard InChI is InChI=1S/C14H14O2/c1-9-3-5-12(10(2)7-9)11-4-6-13(15)14(16)8-11/h3-8,15-16H,1-2H3. The molecule has 2 heteroatoms. The average molecular weight is 214 g/mol. The molecular weight excluding hydrogens is 200 g/mol. The molecule has 0 heterocycles. The summed E-state index contributed by atoms with van der Waals surface area (Å²) in [7, 11) is 0. The average Bonchev–Trinajstić information content (AvgIpc) is 2.22. The van der Waals surface area contributed by atoms with E-state index in [0.717, 1.165) is 16.7 Å².